The van der Waals surface area contributed by atoms with E-state index in [0.717, 1.165) is 12.8 Å². The normalized spacial score (nSPS) is 28.0. The topological polar surface area (TPSA) is 49.8 Å². The summed E-state index contributed by atoms with van der Waals surface area (Å²) in [7, 11) is 0. The number of amides is 1. The number of carbonyl (C=O) groups is 1. The standard InChI is InChI=1S/C12H23NO3/c1-9(14)12(5)7-6-8-13(12)10(15)16-11(2,3)4/h9,14H,6-8H2,1-5H3/t9-,12+/m0/s1. The van der Waals surface area contributed by atoms with Crippen molar-refractivity contribution in [1.82, 2.24) is 4.90 Å². The highest BCUT2D eigenvalue weighted by atomic mass is 16.6. The Kier molecular flexibility index (Phi) is 3.53. The first-order valence-corrected chi connectivity index (χ1v) is 5.85. The summed E-state index contributed by atoms with van der Waals surface area (Å²) in [6.07, 6.45) is 0.876. The molecule has 0 saturated carbocycles. The number of hydrogen-bond acceptors (Lipinski definition) is 3. The molecule has 1 aliphatic rings. The minimum atomic E-state index is -0.539. The Bertz CT molecular complexity index is 270. The van der Waals surface area contributed by atoms with Gasteiger partial charge in [-0.15, -0.1) is 0 Å². The molecule has 1 heterocycles. The number of rotatable bonds is 1. The second-order valence-corrected chi connectivity index (χ2v) is 5.77. The van der Waals surface area contributed by atoms with Gasteiger partial charge in [-0.1, -0.05) is 0 Å². The zero-order valence-corrected chi connectivity index (χ0v) is 10.9. The molecular weight excluding hydrogens is 206 g/mol. The molecule has 4 nitrogen and oxygen atoms in total. The van der Waals surface area contributed by atoms with Crippen molar-refractivity contribution >= 4 is 6.09 Å². The predicted molar refractivity (Wildman–Crippen MR) is 62.3 cm³/mol. The van der Waals surface area contributed by atoms with E-state index in [4.69, 9.17) is 4.74 Å². The third kappa shape index (κ3) is 2.67. The summed E-state index contributed by atoms with van der Waals surface area (Å²) in [6.45, 7) is 9.84. The van der Waals surface area contributed by atoms with Gasteiger partial charge in [0.25, 0.3) is 0 Å². The second-order valence-electron chi connectivity index (χ2n) is 5.77. The summed E-state index contributed by atoms with van der Waals surface area (Å²) in [6, 6.07) is 0. The zero-order chi connectivity index (χ0) is 12.6. The van der Waals surface area contributed by atoms with Crippen LogP contribution in [0.1, 0.15) is 47.5 Å². The van der Waals surface area contributed by atoms with Gasteiger partial charge in [0.05, 0.1) is 11.6 Å². The molecule has 0 aromatic heterocycles. The van der Waals surface area contributed by atoms with Crippen LogP contribution < -0.4 is 0 Å². The van der Waals surface area contributed by atoms with E-state index in [1.165, 1.54) is 0 Å². The number of carbonyl (C=O) groups excluding carboxylic acids is 1. The van der Waals surface area contributed by atoms with Crippen LogP contribution in [0.5, 0.6) is 0 Å². The van der Waals surface area contributed by atoms with Gasteiger partial charge in [-0.3, -0.25) is 0 Å². The minimum Gasteiger partial charge on any atom is -0.444 e. The van der Waals surface area contributed by atoms with Crippen LogP contribution in [0.25, 0.3) is 0 Å². The molecular formula is C12H23NO3. The monoisotopic (exact) mass is 229 g/mol. The molecule has 4 heteroatoms. The summed E-state index contributed by atoms with van der Waals surface area (Å²) in [5, 5.41) is 9.78. The van der Waals surface area contributed by atoms with Crippen molar-refractivity contribution in [1.29, 1.82) is 0 Å². The molecule has 0 spiro atoms. The molecule has 16 heavy (non-hydrogen) atoms. The number of aliphatic hydroxyl groups excluding tert-OH is 1. The fraction of sp³-hybridized carbons (Fsp3) is 0.917. The summed E-state index contributed by atoms with van der Waals surface area (Å²) in [5.41, 5.74) is -0.971. The van der Waals surface area contributed by atoms with Gasteiger partial charge in [-0.25, -0.2) is 4.79 Å². The SMILES string of the molecule is C[C@H](O)[C@@]1(C)CCCN1C(=O)OC(C)(C)C. The predicted octanol–water partition coefficient (Wildman–Crippen LogP) is 2.16. The van der Waals surface area contributed by atoms with Crippen LogP contribution in [0, 0.1) is 0 Å². The average molecular weight is 229 g/mol. The first-order valence-electron chi connectivity index (χ1n) is 5.85. The Balaban J connectivity index is 2.76. The van der Waals surface area contributed by atoms with Gasteiger partial charge in [0, 0.05) is 6.54 Å². The largest absolute Gasteiger partial charge is 0.444 e. The van der Waals surface area contributed by atoms with Crippen molar-refractivity contribution in [2.24, 2.45) is 0 Å². The van der Waals surface area contributed by atoms with Crippen molar-refractivity contribution < 1.29 is 14.6 Å². The smallest absolute Gasteiger partial charge is 0.410 e. The maximum atomic E-state index is 12.0. The average Bonchev–Trinajstić information content (AvgIpc) is 2.45. The van der Waals surface area contributed by atoms with Crippen LogP contribution in [0.15, 0.2) is 0 Å². The number of aliphatic hydroxyl groups is 1. The van der Waals surface area contributed by atoms with Crippen LogP contribution in [-0.2, 0) is 4.74 Å². The van der Waals surface area contributed by atoms with E-state index in [1.54, 1.807) is 11.8 Å². The van der Waals surface area contributed by atoms with Gasteiger partial charge in [0.2, 0.25) is 0 Å². The summed E-state index contributed by atoms with van der Waals surface area (Å²) < 4.78 is 5.34. The molecule has 94 valence electrons. The molecule has 0 aromatic carbocycles. The highest BCUT2D eigenvalue weighted by Crippen LogP contribution is 2.33. The number of likely N-dealkylation sites (tertiary alicyclic amines) is 1. The third-order valence-electron chi connectivity index (χ3n) is 3.20. The van der Waals surface area contributed by atoms with E-state index >= 15 is 0 Å². The molecule has 1 amide bonds. The third-order valence-corrected chi connectivity index (χ3v) is 3.20. The Hall–Kier alpha value is -0.770. The second kappa shape index (κ2) is 4.24. The van der Waals surface area contributed by atoms with Crippen LogP contribution in [0.4, 0.5) is 4.79 Å². The molecule has 0 unspecified atom stereocenters. The van der Waals surface area contributed by atoms with Crippen LogP contribution in [-0.4, -0.2) is 39.9 Å². The van der Waals surface area contributed by atoms with Crippen molar-refractivity contribution in [2.45, 2.75) is 64.7 Å². The molecule has 2 atom stereocenters. The van der Waals surface area contributed by atoms with Crippen LogP contribution in [0.2, 0.25) is 0 Å². The lowest BCUT2D eigenvalue weighted by atomic mass is 9.93. The molecule has 1 fully saturated rings. The summed E-state index contributed by atoms with van der Waals surface area (Å²) in [4.78, 5) is 13.6. The maximum Gasteiger partial charge on any atom is 0.410 e. The minimum absolute atomic E-state index is 0.326. The van der Waals surface area contributed by atoms with E-state index in [-0.39, 0.29) is 6.09 Å². The van der Waals surface area contributed by atoms with Crippen molar-refractivity contribution in [3.63, 3.8) is 0 Å². The zero-order valence-electron chi connectivity index (χ0n) is 10.9. The first-order chi connectivity index (χ1) is 7.17. The fourth-order valence-electron chi connectivity index (χ4n) is 2.04. The lowest BCUT2D eigenvalue weighted by molar-refractivity contribution is -0.0203. The van der Waals surface area contributed by atoms with Gasteiger partial charge >= 0.3 is 6.09 Å². The van der Waals surface area contributed by atoms with Gasteiger partial charge in [0.15, 0.2) is 0 Å². The van der Waals surface area contributed by atoms with Crippen molar-refractivity contribution in [2.75, 3.05) is 6.54 Å². The lowest BCUT2D eigenvalue weighted by Crippen LogP contribution is -2.53. The summed E-state index contributed by atoms with van der Waals surface area (Å²) in [5.74, 6) is 0. The van der Waals surface area contributed by atoms with Crippen molar-refractivity contribution in [3.8, 4) is 0 Å². The highest BCUT2D eigenvalue weighted by Gasteiger charge is 2.44. The number of ether oxygens (including phenoxy) is 1. The molecule has 0 aliphatic carbocycles. The Labute approximate surface area is 97.6 Å². The number of nitrogens with zero attached hydrogens (tertiary/aromatic N) is 1. The van der Waals surface area contributed by atoms with Gasteiger partial charge in [-0.2, -0.15) is 0 Å². The van der Waals surface area contributed by atoms with Crippen LogP contribution >= 0.6 is 0 Å². The molecule has 1 aliphatic heterocycles. The van der Waals surface area contributed by atoms with Gasteiger partial charge in [0.1, 0.15) is 5.60 Å². The Morgan fingerprint density at radius 2 is 2.06 bits per heavy atom. The van der Waals surface area contributed by atoms with Crippen molar-refractivity contribution in [3.05, 3.63) is 0 Å². The van der Waals surface area contributed by atoms with E-state index in [0.29, 0.717) is 6.54 Å². The maximum absolute atomic E-state index is 12.0. The Morgan fingerprint density at radius 3 is 2.50 bits per heavy atom. The molecule has 1 rings (SSSR count). The molecule has 0 radical (unpaired) electrons. The molecule has 0 aromatic rings. The lowest BCUT2D eigenvalue weighted by Gasteiger charge is -2.38. The van der Waals surface area contributed by atoms with E-state index in [2.05, 4.69) is 0 Å². The summed E-state index contributed by atoms with van der Waals surface area (Å²) >= 11 is 0. The first kappa shape index (κ1) is 13.3. The van der Waals surface area contributed by atoms with Gasteiger partial charge in [-0.05, 0) is 47.5 Å². The van der Waals surface area contributed by atoms with Gasteiger partial charge < -0.3 is 14.7 Å². The highest BCUT2D eigenvalue weighted by molar-refractivity contribution is 5.69. The molecule has 1 saturated heterocycles. The molecule has 0 bridgehead atoms. The van der Waals surface area contributed by atoms with E-state index in [1.807, 2.05) is 27.7 Å². The van der Waals surface area contributed by atoms with Crippen LogP contribution in [0.3, 0.4) is 0 Å². The van der Waals surface area contributed by atoms with E-state index in [9.17, 15) is 9.90 Å². The fourth-order valence-corrected chi connectivity index (χ4v) is 2.04. The Morgan fingerprint density at radius 1 is 1.50 bits per heavy atom. The quantitative estimate of drug-likeness (QED) is 0.749. The molecule has 1 N–H and O–H groups in total. The van der Waals surface area contributed by atoms with E-state index < -0.39 is 17.2 Å². The number of hydrogen-bond donors (Lipinski definition) is 1.